The molecule has 0 aliphatic heterocycles. The van der Waals surface area contributed by atoms with Gasteiger partial charge < -0.3 is 5.32 Å². The average Bonchev–Trinajstić information content (AvgIpc) is 2.68. The number of aryl methyl sites for hydroxylation is 1. The molecule has 0 saturated carbocycles. The van der Waals surface area contributed by atoms with Crippen LogP contribution in [0.25, 0.3) is 0 Å². The zero-order valence-electron chi connectivity index (χ0n) is 14.0. The van der Waals surface area contributed by atoms with Crippen LogP contribution < -0.4 is 5.32 Å². The molecular weight excluding hydrogens is 310 g/mol. The van der Waals surface area contributed by atoms with Crippen molar-refractivity contribution in [2.75, 3.05) is 5.32 Å². The number of ketones is 1. The first-order valence-corrected chi connectivity index (χ1v) is 8.28. The topological polar surface area (TPSA) is 46.2 Å². The van der Waals surface area contributed by atoms with Crippen molar-refractivity contribution in [1.82, 2.24) is 0 Å². The van der Waals surface area contributed by atoms with E-state index in [1.165, 1.54) is 5.56 Å². The summed E-state index contributed by atoms with van der Waals surface area (Å²) in [6.45, 7) is 2.08. The Balaban J connectivity index is 1.87. The van der Waals surface area contributed by atoms with Gasteiger partial charge >= 0.3 is 0 Å². The quantitative estimate of drug-likeness (QED) is 0.688. The third kappa shape index (κ3) is 3.83. The van der Waals surface area contributed by atoms with E-state index in [1.807, 2.05) is 42.5 Å². The van der Waals surface area contributed by atoms with Gasteiger partial charge in [-0.25, -0.2) is 0 Å². The summed E-state index contributed by atoms with van der Waals surface area (Å²) in [5.74, 6) is -0.447. The Kier molecular flexibility index (Phi) is 5.05. The molecule has 0 bridgehead atoms. The molecule has 3 heteroatoms. The van der Waals surface area contributed by atoms with Crippen LogP contribution in [-0.2, 0) is 6.42 Å². The molecule has 3 nitrogen and oxygen atoms in total. The second kappa shape index (κ2) is 7.58. The third-order valence-electron chi connectivity index (χ3n) is 4.07. The molecule has 3 aromatic carbocycles. The van der Waals surface area contributed by atoms with Crippen molar-refractivity contribution in [3.63, 3.8) is 0 Å². The minimum Gasteiger partial charge on any atom is -0.322 e. The Morgan fingerprint density at radius 2 is 1.36 bits per heavy atom. The van der Waals surface area contributed by atoms with Crippen molar-refractivity contribution in [2.24, 2.45) is 0 Å². The number of rotatable bonds is 5. The molecule has 0 aromatic heterocycles. The minimum atomic E-state index is -0.288. The highest BCUT2D eigenvalue weighted by molar-refractivity contribution is 6.17. The fourth-order valence-electron chi connectivity index (χ4n) is 2.65. The molecule has 0 atom stereocenters. The maximum atomic E-state index is 12.7. The maximum absolute atomic E-state index is 12.7. The molecule has 124 valence electrons. The standard InChI is InChI=1S/C22H19NO2/c1-2-16-12-14-18(15-13-16)23-22(25)20-11-7-6-10-19(20)21(24)17-8-4-3-5-9-17/h3-15H,2H2,1H3,(H,23,25). The first-order chi connectivity index (χ1) is 12.2. The van der Waals surface area contributed by atoms with E-state index in [2.05, 4.69) is 12.2 Å². The van der Waals surface area contributed by atoms with E-state index in [1.54, 1.807) is 36.4 Å². The van der Waals surface area contributed by atoms with Crippen LogP contribution in [0.3, 0.4) is 0 Å². The molecule has 0 spiro atoms. The van der Waals surface area contributed by atoms with Gasteiger partial charge in [0.15, 0.2) is 5.78 Å². The Labute approximate surface area is 147 Å². The minimum absolute atomic E-state index is 0.160. The first kappa shape index (κ1) is 16.7. The summed E-state index contributed by atoms with van der Waals surface area (Å²) in [6, 6.07) is 23.6. The second-order valence-corrected chi connectivity index (χ2v) is 5.75. The smallest absolute Gasteiger partial charge is 0.256 e. The number of anilines is 1. The summed E-state index contributed by atoms with van der Waals surface area (Å²) in [5.41, 5.74) is 3.25. The first-order valence-electron chi connectivity index (χ1n) is 8.28. The van der Waals surface area contributed by atoms with Crippen molar-refractivity contribution < 1.29 is 9.59 Å². The molecule has 1 amide bonds. The predicted octanol–water partition coefficient (Wildman–Crippen LogP) is 4.73. The van der Waals surface area contributed by atoms with Gasteiger partial charge in [0.05, 0.1) is 5.56 Å². The van der Waals surface area contributed by atoms with Crippen LogP contribution in [0.5, 0.6) is 0 Å². The predicted molar refractivity (Wildman–Crippen MR) is 100 cm³/mol. The van der Waals surface area contributed by atoms with Crippen LogP contribution in [0, 0.1) is 0 Å². The number of amides is 1. The van der Waals surface area contributed by atoms with Crippen molar-refractivity contribution in [2.45, 2.75) is 13.3 Å². The van der Waals surface area contributed by atoms with Gasteiger partial charge in [0.1, 0.15) is 0 Å². The van der Waals surface area contributed by atoms with E-state index in [9.17, 15) is 9.59 Å². The Morgan fingerprint density at radius 1 is 0.760 bits per heavy atom. The Morgan fingerprint density at radius 3 is 2.00 bits per heavy atom. The van der Waals surface area contributed by atoms with Gasteiger partial charge in [-0.05, 0) is 30.2 Å². The van der Waals surface area contributed by atoms with E-state index in [4.69, 9.17) is 0 Å². The summed E-state index contributed by atoms with van der Waals surface area (Å²) < 4.78 is 0. The van der Waals surface area contributed by atoms with Gasteiger partial charge in [-0.1, -0.05) is 67.6 Å². The van der Waals surface area contributed by atoms with Gasteiger partial charge in [0, 0.05) is 16.8 Å². The van der Waals surface area contributed by atoms with Gasteiger partial charge in [0.2, 0.25) is 0 Å². The van der Waals surface area contributed by atoms with Crippen molar-refractivity contribution in [3.05, 3.63) is 101 Å². The highest BCUT2D eigenvalue weighted by Gasteiger charge is 2.17. The normalized spacial score (nSPS) is 10.3. The summed E-state index contributed by atoms with van der Waals surface area (Å²) in [4.78, 5) is 25.4. The molecule has 3 rings (SSSR count). The summed E-state index contributed by atoms with van der Waals surface area (Å²) in [5, 5.41) is 2.87. The second-order valence-electron chi connectivity index (χ2n) is 5.75. The molecule has 0 aliphatic rings. The van der Waals surface area contributed by atoms with Gasteiger partial charge in [-0.15, -0.1) is 0 Å². The van der Waals surface area contributed by atoms with E-state index < -0.39 is 0 Å². The van der Waals surface area contributed by atoms with Gasteiger partial charge in [-0.3, -0.25) is 9.59 Å². The van der Waals surface area contributed by atoms with E-state index in [0.29, 0.717) is 22.4 Å². The van der Waals surface area contributed by atoms with Gasteiger partial charge in [0.25, 0.3) is 5.91 Å². The highest BCUT2D eigenvalue weighted by Crippen LogP contribution is 2.17. The van der Waals surface area contributed by atoms with Gasteiger partial charge in [-0.2, -0.15) is 0 Å². The number of nitrogens with one attached hydrogen (secondary N) is 1. The molecule has 0 unspecified atom stereocenters. The van der Waals surface area contributed by atoms with Crippen LogP contribution in [0.15, 0.2) is 78.9 Å². The van der Waals surface area contributed by atoms with Crippen LogP contribution in [0.1, 0.15) is 38.8 Å². The maximum Gasteiger partial charge on any atom is 0.256 e. The molecule has 0 fully saturated rings. The lowest BCUT2D eigenvalue weighted by molar-refractivity contribution is 0.0996. The lowest BCUT2D eigenvalue weighted by atomic mass is 9.98. The monoisotopic (exact) mass is 329 g/mol. The SMILES string of the molecule is CCc1ccc(NC(=O)c2ccccc2C(=O)c2ccccc2)cc1. The lowest BCUT2D eigenvalue weighted by Gasteiger charge is -2.10. The fraction of sp³-hybridized carbons (Fsp3) is 0.0909. The number of hydrogen-bond donors (Lipinski definition) is 1. The van der Waals surface area contributed by atoms with Crippen LogP contribution in [-0.4, -0.2) is 11.7 Å². The number of hydrogen-bond acceptors (Lipinski definition) is 2. The summed E-state index contributed by atoms with van der Waals surface area (Å²) in [6.07, 6.45) is 0.947. The van der Waals surface area contributed by atoms with Crippen molar-refractivity contribution in [1.29, 1.82) is 0 Å². The number of carbonyl (C=O) groups is 2. The fourth-order valence-corrected chi connectivity index (χ4v) is 2.65. The summed E-state index contributed by atoms with van der Waals surface area (Å²) >= 11 is 0. The molecule has 0 heterocycles. The average molecular weight is 329 g/mol. The van der Waals surface area contributed by atoms with E-state index >= 15 is 0 Å². The zero-order valence-corrected chi connectivity index (χ0v) is 14.0. The molecule has 0 saturated heterocycles. The Hall–Kier alpha value is -3.20. The van der Waals surface area contributed by atoms with E-state index in [0.717, 1.165) is 6.42 Å². The number of benzene rings is 3. The Bertz CT molecular complexity index is 883. The van der Waals surface area contributed by atoms with Crippen LogP contribution in [0.2, 0.25) is 0 Å². The third-order valence-corrected chi connectivity index (χ3v) is 4.07. The molecular formula is C22H19NO2. The summed E-state index contributed by atoms with van der Waals surface area (Å²) in [7, 11) is 0. The lowest BCUT2D eigenvalue weighted by Crippen LogP contribution is -2.17. The van der Waals surface area contributed by atoms with Crippen LogP contribution in [0.4, 0.5) is 5.69 Å². The molecule has 3 aromatic rings. The van der Waals surface area contributed by atoms with E-state index in [-0.39, 0.29) is 11.7 Å². The number of carbonyl (C=O) groups excluding carboxylic acids is 2. The van der Waals surface area contributed by atoms with Crippen LogP contribution >= 0.6 is 0 Å². The molecule has 25 heavy (non-hydrogen) atoms. The zero-order chi connectivity index (χ0) is 17.6. The molecule has 0 aliphatic carbocycles. The molecule has 0 radical (unpaired) electrons. The van der Waals surface area contributed by atoms with Crippen molar-refractivity contribution in [3.8, 4) is 0 Å². The van der Waals surface area contributed by atoms with Crippen molar-refractivity contribution >= 4 is 17.4 Å². The largest absolute Gasteiger partial charge is 0.322 e. The molecule has 1 N–H and O–H groups in total. The highest BCUT2D eigenvalue weighted by atomic mass is 16.2.